The number of unbranched alkanes of at least 4 members (excludes halogenated alkanes) is 2. The Kier molecular flexibility index (Phi) is 8.40. The van der Waals surface area contributed by atoms with Gasteiger partial charge in [-0.25, -0.2) is 0 Å². The molecule has 5 heteroatoms. The largest absolute Gasteiger partial charge is 0.481 e. The second-order valence-electron chi connectivity index (χ2n) is 7.65. The summed E-state index contributed by atoms with van der Waals surface area (Å²) >= 11 is 0. The van der Waals surface area contributed by atoms with Crippen LogP contribution in [0, 0.1) is 11.8 Å². The summed E-state index contributed by atoms with van der Waals surface area (Å²) in [4.78, 5) is 10.6. The average Bonchev–Trinajstić information content (AvgIpc) is 2.87. The Labute approximate surface area is 151 Å². The van der Waals surface area contributed by atoms with Gasteiger partial charge in [0.1, 0.15) is 0 Å². The van der Waals surface area contributed by atoms with E-state index in [1.165, 1.54) is 0 Å². The molecule has 0 aromatic rings. The van der Waals surface area contributed by atoms with Gasteiger partial charge in [-0.3, -0.25) is 4.79 Å². The molecule has 2 rings (SSSR count). The molecule has 1 saturated heterocycles. The fraction of sp³-hybridized carbons (Fsp3) is 0.850. The first kappa shape index (κ1) is 20.4. The molecule has 0 aromatic heterocycles. The zero-order chi connectivity index (χ0) is 18.2. The highest BCUT2D eigenvalue weighted by Gasteiger charge is 2.44. The number of aliphatic hydroxyl groups excluding tert-OH is 2. The maximum Gasteiger partial charge on any atom is 0.303 e. The molecule has 0 spiro atoms. The Balaban J connectivity index is 1.79. The smallest absolute Gasteiger partial charge is 0.303 e. The van der Waals surface area contributed by atoms with Gasteiger partial charge in [-0.1, -0.05) is 38.3 Å². The summed E-state index contributed by atoms with van der Waals surface area (Å²) in [5.74, 6) is -0.386. The van der Waals surface area contributed by atoms with Crippen molar-refractivity contribution in [2.75, 3.05) is 0 Å². The number of carboxylic acid groups (broad SMARTS) is 1. The molecule has 5 nitrogen and oxygen atoms in total. The molecule has 1 aliphatic heterocycles. The van der Waals surface area contributed by atoms with Crippen molar-refractivity contribution in [3.8, 4) is 0 Å². The first-order chi connectivity index (χ1) is 12.0. The molecule has 1 saturated carbocycles. The van der Waals surface area contributed by atoms with E-state index in [9.17, 15) is 15.0 Å². The van der Waals surface area contributed by atoms with Crippen LogP contribution >= 0.6 is 0 Å². The quantitative estimate of drug-likeness (QED) is 0.414. The van der Waals surface area contributed by atoms with Gasteiger partial charge in [-0.05, 0) is 38.0 Å². The highest BCUT2D eigenvalue weighted by molar-refractivity contribution is 5.66. The summed E-state index contributed by atoms with van der Waals surface area (Å²) < 4.78 is 6.13. The van der Waals surface area contributed by atoms with Gasteiger partial charge in [-0.2, -0.15) is 0 Å². The molecule has 1 heterocycles. The molecule has 0 aromatic carbocycles. The fourth-order valence-corrected chi connectivity index (χ4v) is 4.25. The van der Waals surface area contributed by atoms with Gasteiger partial charge in [0.15, 0.2) is 0 Å². The molecule has 2 fully saturated rings. The van der Waals surface area contributed by atoms with Crippen LogP contribution in [0.1, 0.15) is 71.1 Å². The van der Waals surface area contributed by atoms with Gasteiger partial charge in [0.2, 0.25) is 0 Å². The lowest BCUT2D eigenvalue weighted by Gasteiger charge is -2.34. The van der Waals surface area contributed by atoms with E-state index in [-0.39, 0.29) is 24.5 Å². The monoisotopic (exact) mass is 354 g/mol. The zero-order valence-electron chi connectivity index (χ0n) is 15.3. The Morgan fingerprint density at radius 3 is 2.80 bits per heavy atom. The number of aliphatic hydroxyl groups is 2. The minimum atomic E-state index is -0.757. The minimum absolute atomic E-state index is 0.0606. The molecule has 144 valence electrons. The van der Waals surface area contributed by atoms with E-state index in [1.54, 1.807) is 0 Å². The van der Waals surface area contributed by atoms with E-state index < -0.39 is 18.2 Å². The van der Waals surface area contributed by atoms with Crippen LogP contribution in [0.2, 0.25) is 0 Å². The van der Waals surface area contributed by atoms with Crippen molar-refractivity contribution in [2.45, 2.75) is 95.5 Å². The lowest BCUT2D eigenvalue weighted by atomic mass is 9.85. The maximum absolute atomic E-state index is 10.6. The van der Waals surface area contributed by atoms with Crippen LogP contribution < -0.4 is 0 Å². The van der Waals surface area contributed by atoms with Crippen molar-refractivity contribution in [3.05, 3.63) is 12.2 Å². The van der Waals surface area contributed by atoms with Gasteiger partial charge >= 0.3 is 5.97 Å². The summed E-state index contributed by atoms with van der Waals surface area (Å²) in [5.41, 5.74) is 0. The number of fused-ring (bicyclic) bond motifs is 1. The second kappa shape index (κ2) is 10.3. The molecular formula is C20H34O5. The normalized spacial score (nSPS) is 33.5. The Morgan fingerprint density at radius 2 is 2.08 bits per heavy atom. The number of hydrogen-bond acceptors (Lipinski definition) is 4. The van der Waals surface area contributed by atoms with Crippen molar-refractivity contribution in [1.82, 2.24) is 0 Å². The Bertz CT molecular complexity index is 436. The van der Waals surface area contributed by atoms with E-state index in [1.807, 2.05) is 12.2 Å². The van der Waals surface area contributed by atoms with Crippen molar-refractivity contribution >= 4 is 5.97 Å². The molecule has 3 N–H and O–H groups in total. The molecule has 0 bridgehead atoms. The van der Waals surface area contributed by atoms with Crippen LogP contribution in [0.4, 0.5) is 0 Å². The van der Waals surface area contributed by atoms with Crippen molar-refractivity contribution in [2.24, 2.45) is 11.8 Å². The number of rotatable bonds is 10. The van der Waals surface area contributed by atoms with Crippen LogP contribution in [-0.4, -0.2) is 45.7 Å². The molecule has 6 atom stereocenters. The number of carboxylic acids is 1. The summed E-state index contributed by atoms with van der Waals surface area (Å²) in [6.45, 7) is 2.15. The summed E-state index contributed by atoms with van der Waals surface area (Å²) in [6.07, 6.45) is 11.5. The van der Waals surface area contributed by atoms with Crippen LogP contribution in [0.3, 0.4) is 0 Å². The fourth-order valence-electron chi connectivity index (χ4n) is 4.25. The van der Waals surface area contributed by atoms with Gasteiger partial charge in [0.25, 0.3) is 0 Å². The summed E-state index contributed by atoms with van der Waals surface area (Å²) in [5, 5.41) is 29.2. The molecule has 0 amide bonds. The van der Waals surface area contributed by atoms with E-state index in [0.717, 1.165) is 44.9 Å². The van der Waals surface area contributed by atoms with Crippen LogP contribution in [0.5, 0.6) is 0 Å². The van der Waals surface area contributed by atoms with Crippen LogP contribution in [0.25, 0.3) is 0 Å². The highest BCUT2D eigenvalue weighted by Crippen LogP contribution is 2.43. The third-order valence-corrected chi connectivity index (χ3v) is 5.65. The standard InChI is InChI=1S/C20H34O5/c1-2-3-4-6-14(21)9-11-16-17-12-10-15(7-5-8-20(23)24)25-19(17)13-18(16)22/h9,11,14-19,21-22H,2-8,10,12-13H2,1H3,(H,23,24)/b11-9+/t14-,15?,16+,17+,18+,19+/m0/s1. The van der Waals surface area contributed by atoms with Gasteiger partial charge in [0, 0.05) is 18.8 Å². The van der Waals surface area contributed by atoms with E-state index in [0.29, 0.717) is 18.8 Å². The molecule has 2 aliphatic rings. The molecule has 1 unspecified atom stereocenters. The number of hydrogen-bond donors (Lipinski definition) is 3. The number of aliphatic carboxylic acids is 1. The molecule has 1 aliphatic carbocycles. The summed E-state index contributed by atoms with van der Waals surface area (Å²) in [6, 6.07) is 0. The molecule has 25 heavy (non-hydrogen) atoms. The lowest BCUT2D eigenvalue weighted by molar-refractivity contribution is -0.137. The van der Waals surface area contributed by atoms with Crippen LogP contribution in [-0.2, 0) is 9.53 Å². The van der Waals surface area contributed by atoms with Crippen molar-refractivity contribution in [1.29, 1.82) is 0 Å². The molecule has 0 radical (unpaired) electrons. The lowest BCUT2D eigenvalue weighted by Crippen LogP contribution is -2.33. The average molecular weight is 354 g/mol. The van der Waals surface area contributed by atoms with E-state index in [4.69, 9.17) is 9.84 Å². The first-order valence-electron chi connectivity index (χ1n) is 9.93. The van der Waals surface area contributed by atoms with Gasteiger partial charge in [-0.15, -0.1) is 0 Å². The third kappa shape index (κ3) is 6.39. The maximum atomic E-state index is 10.6. The second-order valence-corrected chi connectivity index (χ2v) is 7.65. The van der Waals surface area contributed by atoms with E-state index >= 15 is 0 Å². The zero-order valence-corrected chi connectivity index (χ0v) is 15.3. The summed E-state index contributed by atoms with van der Waals surface area (Å²) in [7, 11) is 0. The predicted octanol–water partition coefficient (Wildman–Crippen LogP) is 3.28. The first-order valence-corrected chi connectivity index (χ1v) is 9.93. The van der Waals surface area contributed by atoms with Crippen LogP contribution in [0.15, 0.2) is 12.2 Å². The minimum Gasteiger partial charge on any atom is -0.481 e. The third-order valence-electron chi connectivity index (χ3n) is 5.65. The van der Waals surface area contributed by atoms with Crippen molar-refractivity contribution < 1.29 is 24.9 Å². The van der Waals surface area contributed by atoms with Gasteiger partial charge in [0.05, 0.1) is 24.4 Å². The molecular weight excluding hydrogens is 320 g/mol. The highest BCUT2D eigenvalue weighted by atomic mass is 16.5. The number of carbonyl (C=O) groups is 1. The Hall–Kier alpha value is -0.910. The topological polar surface area (TPSA) is 87.0 Å². The van der Waals surface area contributed by atoms with E-state index in [2.05, 4.69) is 6.92 Å². The Morgan fingerprint density at radius 1 is 1.28 bits per heavy atom. The van der Waals surface area contributed by atoms with Crippen molar-refractivity contribution in [3.63, 3.8) is 0 Å². The number of ether oxygens (including phenoxy) is 1. The predicted molar refractivity (Wildman–Crippen MR) is 96.3 cm³/mol. The van der Waals surface area contributed by atoms with Gasteiger partial charge < -0.3 is 20.1 Å². The SMILES string of the molecule is CCCCC[C@H](O)/C=C/[C@@H]1[C@H]2CCC(CCCC(=O)O)O[C@@H]2C[C@H]1O.